The van der Waals surface area contributed by atoms with Gasteiger partial charge in [0.15, 0.2) is 0 Å². The smallest absolute Gasteiger partial charge is 0.362 e. The van der Waals surface area contributed by atoms with Gasteiger partial charge in [-0.15, -0.1) is 0 Å². The average molecular weight is 317 g/mol. The van der Waals surface area contributed by atoms with Crippen LogP contribution in [0.5, 0.6) is 0 Å². The maximum Gasteiger partial charge on any atom is 0.362 e. The molecule has 0 unspecified atom stereocenters. The van der Waals surface area contributed by atoms with Crippen LogP contribution in [0, 0.1) is 27.7 Å². The van der Waals surface area contributed by atoms with Crippen LogP contribution in [0.1, 0.15) is 38.3 Å². The van der Waals surface area contributed by atoms with Gasteiger partial charge in [-0.1, -0.05) is 6.07 Å². The number of carboxylic acid groups (broad SMARTS) is 1. The van der Waals surface area contributed by atoms with E-state index in [2.05, 4.69) is 5.10 Å². The molecule has 122 valence electrons. The van der Waals surface area contributed by atoms with Crippen molar-refractivity contribution in [2.24, 2.45) is 7.05 Å². The third kappa shape index (κ3) is 2.81. The summed E-state index contributed by atoms with van der Waals surface area (Å²) < 4.78 is 1.79. The molecular weight excluding hydrogens is 298 g/mol. The highest BCUT2D eigenvalue weighted by molar-refractivity contribution is 5.84. The second kappa shape index (κ2) is 5.83. The van der Waals surface area contributed by atoms with E-state index in [4.69, 9.17) is 5.11 Å². The third-order valence-corrected chi connectivity index (χ3v) is 4.25. The summed E-state index contributed by atoms with van der Waals surface area (Å²) in [5.41, 5.74) is 2.74. The van der Waals surface area contributed by atoms with Crippen molar-refractivity contribution in [2.45, 2.75) is 34.2 Å². The highest BCUT2D eigenvalue weighted by atomic mass is 16.4. The summed E-state index contributed by atoms with van der Waals surface area (Å²) in [6, 6.07) is 2.05. The van der Waals surface area contributed by atoms with Crippen LogP contribution in [0.25, 0.3) is 0 Å². The molecule has 7 heteroatoms. The number of nitrogens with zero attached hydrogens (tertiary/aromatic N) is 3. The zero-order valence-corrected chi connectivity index (χ0v) is 13.8. The van der Waals surface area contributed by atoms with Crippen molar-refractivity contribution in [1.29, 1.82) is 0 Å². The fourth-order valence-corrected chi connectivity index (χ4v) is 2.59. The maximum atomic E-state index is 12.3. The quantitative estimate of drug-likeness (QED) is 0.908. The van der Waals surface area contributed by atoms with Crippen molar-refractivity contribution in [3.63, 3.8) is 0 Å². The van der Waals surface area contributed by atoms with E-state index in [-0.39, 0.29) is 6.54 Å². The minimum absolute atomic E-state index is 0.0223. The van der Waals surface area contributed by atoms with Crippen LogP contribution in [-0.4, -0.2) is 25.4 Å². The SMILES string of the molecule is Cc1cc(C)c(C)c(Cn2c(=O)c(C(=O)O)nn(C)c2=O)c1C. The van der Waals surface area contributed by atoms with Gasteiger partial charge in [-0.25, -0.2) is 14.3 Å². The van der Waals surface area contributed by atoms with E-state index in [1.54, 1.807) is 0 Å². The zero-order chi connectivity index (χ0) is 17.5. The lowest BCUT2D eigenvalue weighted by Gasteiger charge is -2.16. The molecule has 1 aromatic carbocycles. The standard InChI is InChI=1S/C16H19N3O4/c1-8-6-9(2)11(4)12(10(8)3)7-19-14(20)13(15(21)22)17-18(5)16(19)23/h6H,7H2,1-5H3,(H,21,22). The summed E-state index contributed by atoms with van der Waals surface area (Å²) in [4.78, 5) is 35.7. The molecule has 0 saturated heterocycles. The van der Waals surface area contributed by atoms with Crippen LogP contribution in [0.4, 0.5) is 0 Å². The summed E-state index contributed by atoms with van der Waals surface area (Å²) in [7, 11) is 1.33. The predicted octanol–water partition coefficient (Wildman–Crippen LogP) is 0.922. The minimum atomic E-state index is -1.45. The van der Waals surface area contributed by atoms with Gasteiger partial charge in [0.05, 0.1) is 6.54 Å². The topological polar surface area (TPSA) is 94.2 Å². The van der Waals surface area contributed by atoms with Gasteiger partial charge >= 0.3 is 11.7 Å². The van der Waals surface area contributed by atoms with Crippen LogP contribution >= 0.6 is 0 Å². The number of rotatable bonds is 3. The molecule has 0 bridgehead atoms. The number of benzene rings is 1. The number of carbonyl (C=O) groups is 1. The van der Waals surface area contributed by atoms with Crippen LogP contribution in [0.2, 0.25) is 0 Å². The molecule has 0 amide bonds. The Morgan fingerprint density at radius 3 is 2.13 bits per heavy atom. The molecule has 0 atom stereocenters. The van der Waals surface area contributed by atoms with Crippen molar-refractivity contribution in [3.05, 3.63) is 60.4 Å². The highest BCUT2D eigenvalue weighted by Crippen LogP contribution is 2.21. The molecule has 0 radical (unpaired) electrons. The Morgan fingerprint density at radius 2 is 1.65 bits per heavy atom. The van der Waals surface area contributed by atoms with Crippen molar-refractivity contribution < 1.29 is 9.90 Å². The molecule has 0 spiro atoms. The van der Waals surface area contributed by atoms with Crippen LogP contribution in [0.15, 0.2) is 15.7 Å². The fraction of sp³-hybridized carbons (Fsp3) is 0.375. The molecule has 23 heavy (non-hydrogen) atoms. The molecule has 0 aliphatic rings. The van der Waals surface area contributed by atoms with E-state index in [1.165, 1.54) is 7.05 Å². The van der Waals surface area contributed by atoms with Crippen molar-refractivity contribution in [2.75, 3.05) is 0 Å². The highest BCUT2D eigenvalue weighted by Gasteiger charge is 2.19. The van der Waals surface area contributed by atoms with Gasteiger partial charge in [-0.05, 0) is 55.5 Å². The molecule has 1 N–H and O–H groups in total. The van der Waals surface area contributed by atoms with E-state index < -0.39 is 22.9 Å². The lowest BCUT2D eigenvalue weighted by molar-refractivity contribution is 0.0683. The number of aryl methyl sites for hydroxylation is 3. The fourth-order valence-electron chi connectivity index (χ4n) is 2.59. The number of hydrogen-bond acceptors (Lipinski definition) is 4. The van der Waals surface area contributed by atoms with E-state index in [9.17, 15) is 14.4 Å². The molecule has 2 rings (SSSR count). The van der Waals surface area contributed by atoms with Crippen molar-refractivity contribution in [3.8, 4) is 0 Å². The van der Waals surface area contributed by atoms with Gasteiger partial charge in [-0.3, -0.25) is 9.36 Å². The van der Waals surface area contributed by atoms with E-state index >= 15 is 0 Å². The Balaban J connectivity index is 2.74. The zero-order valence-electron chi connectivity index (χ0n) is 13.8. The van der Waals surface area contributed by atoms with Crippen molar-refractivity contribution in [1.82, 2.24) is 14.3 Å². The van der Waals surface area contributed by atoms with E-state index in [0.717, 1.165) is 37.1 Å². The van der Waals surface area contributed by atoms with Crippen LogP contribution in [-0.2, 0) is 13.6 Å². The van der Waals surface area contributed by atoms with Gasteiger partial charge < -0.3 is 5.11 Å². The summed E-state index contributed by atoms with van der Waals surface area (Å²) in [6.45, 7) is 7.79. The maximum absolute atomic E-state index is 12.3. The van der Waals surface area contributed by atoms with Gasteiger partial charge in [0, 0.05) is 7.05 Å². The molecule has 0 fully saturated rings. The predicted molar refractivity (Wildman–Crippen MR) is 85.2 cm³/mol. The molecule has 1 heterocycles. The first kappa shape index (κ1) is 16.7. The number of aromatic carboxylic acids is 1. The summed E-state index contributed by atoms with van der Waals surface area (Å²) in [6.07, 6.45) is 0. The first-order valence-electron chi connectivity index (χ1n) is 7.12. The lowest BCUT2D eigenvalue weighted by Crippen LogP contribution is -2.44. The molecule has 0 saturated carbocycles. The Kier molecular flexibility index (Phi) is 4.22. The van der Waals surface area contributed by atoms with Gasteiger partial charge in [0.1, 0.15) is 0 Å². The molecule has 0 aliphatic carbocycles. The minimum Gasteiger partial charge on any atom is -0.476 e. The van der Waals surface area contributed by atoms with E-state index in [1.807, 2.05) is 33.8 Å². The molecular formula is C16H19N3O4. The number of hydrogen-bond donors (Lipinski definition) is 1. The Labute approximate surface area is 132 Å². The van der Waals surface area contributed by atoms with E-state index in [0.29, 0.717) is 0 Å². The molecule has 2 aromatic rings. The molecule has 7 nitrogen and oxygen atoms in total. The number of carboxylic acids is 1. The first-order valence-corrected chi connectivity index (χ1v) is 7.12. The molecule has 1 aromatic heterocycles. The largest absolute Gasteiger partial charge is 0.476 e. The monoisotopic (exact) mass is 317 g/mol. The van der Waals surface area contributed by atoms with Gasteiger partial charge in [0.25, 0.3) is 5.56 Å². The second-order valence-corrected chi connectivity index (χ2v) is 5.69. The summed E-state index contributed by atoms with van der Waals surface area (Å²) >= 11 is 0. The van der Waals surface area contributed by atoms with Gasteiger partial charge in [0.2, 0.25) is 5.69 Å². The normalized spacial score (nSPS) is 10.8. The summed E-state index contributed by atoms with van der Waals surface area (Å²) in [5.74, 6) is -1.45. The average Bonchev–Trinajstić information content (AvgIpc) is 2.48. The first-order chi connectivity index (χ1) is 10.6. The van der Waals surface area contributed by atoms with Gasteiger partial charge in [-0.2, -0.15) is 5.10 Å². The summed E-state index contributed by atoms with van der Waals surface area (Å²) in [5, 5.41) is 12.6. The van der Waals surface area contributed by atoms with Crippen LogP contribution < -0.4 is 11.2 Å². The molecule has 0 aliphatic heterocycles. The Hall–Kier alpha value is -2.70. The lowest BCUT2D eigenvalue weighted by atomic mass is 9.94. The number of aromatic nitrogens is 3. The van der Waals surface area contributed by atoms with Crippen LogP contribution in [0.3, 0.4) is 0 Å². The Bertz CT molecular complexity index is 896. The third-order valence-electron chi connectivity index (χ3n) is 4.25. The Morgan fingerprint density at radius 1 is 1.13 bits per heavy atom. The second-order valence-electron chi connectivity index (χ2n) is 5.69. The van der Waals surface area contributed by atoms with Crippen molar-refractivity contribution >= 4 is 5.97 Å².